The molecular formula is C16H22O3. The zero-order valence-electron chi connectivity index (χ0n) is 11.3. The van der Waals surface area contributed by atoms with Crippen LogP contribution in [0.15, 0.2) is 24.3 Å². The maximum atomic E-state index is 10.8. The molecule has 3 heteroatoms. The predicted octanol–water partition coefficient (Wildman–Crippen LogP) is 2.62. The fourth-order valence-electron chi connectivity index (χ4n) is 3.19. The van der Waals surface area contributed by atoms with E-state index >= 15 is 0 Å². The summed E-state index contributed by atoms with van der Waals surface area (Å²) < 4.78 is 11.4. The van der Waals surface area contributed by atoms with Crippen molar-refractivity contribution in [2.75, 3.05) is 19.8 Å². The first-order chi connectivity index (χ1) is 9.27. The van der Waals surface area contributed by atoms with Gasteiger partial charge in [-0.25, -0.2) is 0 Å². The minimum Gasteiger partial charge on any atom is -0.390 e. The number of fused-ring (bicyclic) bond motifs is 1. The van der Waals surface area contributed by atoms with Gasteiger partial charge in [-0.15, -0.1) is 0 Å². The third-order valence-corrected chi connectivity index (χ3v) is 4.30. The van der Waals surface area contributed by atoms with Crippen molar-refractivity contribution in [2.24, 2.45) is 0 Å². The van der Waals surface area contributed by atoms with Crippen molar-refractivity contribution in [3.63, 3.8) is 0 Å². The van der Waals surface area contributed by atoms with Gasteiger partial charge in [0, 0.05) is 19.6 Å². The van der Waals surface area contributed by atoms with Crippen molar-refractivity contribution in [1.82, 2.24) is 0 Å². The molecule has 3 rings (SSSR count). The molecule has 2 atom stereocenters. The van der Waals surface area contributed by atoms with Crippen LogP contribution in [0, 0.1) is 0 Å². The second kappa shape index (κ2) is 5.61. The van der Waals surface area contributed by atoms with Gasteiger partial charge in [0.05, 0.1) is 18.3 Å². The highest BCUT2D eigenvalue weighted by molar-refractivity contribution is 5.31. The number of hydrogen-bond donors (Lipinski definition) is 1. The first kappa shape index (κ1) is 13.1. The van der Waals surface area contributed by atoms with Gasteiger partial charge in [0.25, 0.3) is 0 Å². The topological polar surface area (TPSA) is 38.7 Å². The molecule has 19 heavy (non-hydrogen) atoms. The fraction of sp³-hybridized carbons (Fsp3) is 0.625. The van der Waals surface area contributed by atoms with E-state index in [0.717, 1.165) is 38.9 Å². The molecule has 3 nitrogen and oxygen atoms in total. The van der Waals surface area contributed by atoms with Gasteiger partial charge in [0.2, 0.25) is 0 Å². The Hall–Kier alpha value is -0.900. The Morgan fingerprint density at radius 2 is 2.05 bits per heavy atom. The van der Waals surface area contributed by atoms with Crippen molar-refractivity contribution in [3.05, 3.63) is 35.4 Å². The molecule has 0 amide bonds. The summed E-state index contributed by atoms with van der Waals surface area (Å²) in [7, 11) is 0. The largest absolute Gasteiger partial charge is 0.390 e. The van der Waals surface area contributed by atoms with E-state index in [1.54, 1.807) is 0 Å². The standard InChI is InChI=1S/C16H22O3/c17-16(7-3-9-18-11-8-16)12-15-14-5-2-1-4-13(14)6-10-19-15/h1-2,4-5,15,17H,3,6-12H2. The summed E-state index contributed by atoms with van der Waals surface area (Å²) in [6.45, 7) is 2.18. The van der Waals surface area contributed by atoms with Crippen LogP contribution in [-0.2, 0) is 15.9 Å². The minimum absolute atomic E-state index is 0.0352. The summed E-state index contributed by atoms with van der Waals surface area (Å²) >= 11 is 0. The van der Waals surface area contributed by atoms with Crippen LogP contribution in [0.2, 0.25) is 0 Å². The number of benzene rings is 1. The first-order valence-electron chi connectivity index (χ1n) is 7.26. The van der Waals surface area contributed by atoms with Crippen molar-refractivity contribution in [2.45, 2.75) is 43.8 Å². The molecular weight excluding hydrogens is 240 g/mol. The van der Waals surface area contributed by atoms with E-state index in [-0.39, 0.29) is 6.10 Å². The van der Waals surface area contributed by atoms with Gasteiger partial charge in [0.1, 0.15) is 0 Å². The Morgan fingerprint density at radius 3 is 3.00 bits per heavy atom. The van der Waals surface area contributed by atoms with E-state index in [1.807, 2.05) is 0 Å². The zero-order valence-corrected chi connectivity index (χ0v) is 11.3. The van der Waals surface area contributed by atoms with E-state index in [0.29, 0.717) is 13.0 Å². The highest BCUT2D eigenvalue weighted by Crippen LogP contribution is 2.37. The Morgan fingerprint density at radius 1 is 1.16 bits per heavy atom. The van der Waals surface area contributed by atoms with Gasteiger partial charge >= 0.3 is 0 Å². The molecule has 1 saturated heterocycles. The Kier molecular flexibility index (Phi) is 3.87. The molecule has 0 bridgehead atoms. The second-order valence-electron chi connectivity index (χ2n) is 5.70. The number of aliphatic hydroxyl groups is 1. The molecule has 2 aliphatic rings. The Labute approximate surface area is 114 Å². The van der Waals surface area contributed by atoms with Crippen LogP contribution in [0.3, 0.4) is 0 Å². The third kappa shape index (κ3) is 2.99. The van der Waals surface area contributed by atoms with Crippen molar-refractivity contribution >= 4 is 0 Å². The van der Waals surface area contributed by atoms with Crippen molar-refractivity contribution in [3.8, 4) is 0 Å². The van der Waals surface area contributed by atoms with E-state index in [1.165, 1.54) is 11.1 Å². The molecule has 1 N–H and O–H groups in total. The van der Waals surface area contributed by atoms with Gasteiger partial charge in [-0.3, -0.25) is 0 Å². The third-order valence-electron chi connectivity index (χ3n) is 4.30. The predicted molar refractivity (Wildman–Crippen MR) is 73.1 cm³/mol. The van der Waals surface area contributed by atoms with Gasteiger partial charge in [-0.05, 0) is 36.8 Å². The lowest BCUT2D eigenvalue weighted by Crippen LogP contribution is -2.33. The molecule has 0 saturated carbocycles. The normalized spacial score (nSPS) is 31.5. The summed E-state index contributed by atoms with van der Waals surface area (Å²) in [5, 5.41) is 10.8. The van der Waals surface area contributed by atoms with Crippen LogP contribution >= 0.6 is 0 Å². The number of rotatable bonds is 2. The van der Waals surface area contributed by atoms with Crippen LogP contribution in [0.5, 0.6) is 0 Å². The first-order valence-corrected chi connectivity index (χ1v) is 7.26. The molecule has 1 fully saturated rings. The fourth-order valence-corrected chi connectivity index (χ4v) is 3.19. The van der Waals surface area contributed by atoms with Crippen LogP contribution < -0.4 is 0 Å². The molecule has 0 spiro atoms. The lowest BCUT2D eigenvalue weighted by atomic mass is 9.84. The average molecular weight is 262 g/mol. The highest BCUT2D eigenvalue weighted by Gasteiger charge is 2.34. The van der Waals surface area contributed by atoms with Crippen LogP contribution in [0.25, 0.3) is 0 Å². The number of hydrogen-bond acceptors (Lipinski definition) is 3. The summed E-state index contributed by atoms with van der Waals surface area (Å²) in [6, 6.07) is 8.44. The Bertz CT molecular complexity index is 422. The molecule has 2 aliphatic heterocycles. The van der Waals surface area contributed by atoms with E-state index in [2.05, 4.69) is 24.3 Å². The summed E-state index contributed by atoms with van der Waals surface area (Å²) in [5.41, 5.74) is 1.99. The lowest BCUT2D eigenvalue weighted by molar-refractivity contribution is -0.0552. The number of ether oxygens (including phenoxy) is 2. The van der Waals surface area contributed by atoms with E-state index in [4.69, 9.17) is 9.47 Å². The van der Waals surface area contributed by atoms with Crippen molar-refractivity contribution < 1.29 is 14.6 Å². The maximum Gasteiger partial charge on any atom is 0.0855 e. The van der Waals surface area contributed by atoms with E-state index < -0.39 is 5.60 Å². The molecule has 0 aromatic heterocycles. The summed E-state index contributed by atoms with van der Waals surface area (Å²) in [6.07, 6.45) is 4.17. The average Bonchev–Trinajstić information content (AvgIpc) is 2.64. The lowest BCUT2D eigenvalue weighted by Gasteiger charge is -2.34. The van der Waals surface area contributed by atoms with Gasteiger partial charge < -0.3 is 14.6 Å². The Balaban J connectivity index is 1.76. The quantitative estimate of drug-likeness (QED) is 0.890. The zero-order chi connectivity index (χ0) is 13.1. The molecule has 1 aromatic carbocycles. The van der Waals surface area contributed by atoms with Gasteiger partial charge in [-0.2, -0.15) is 0 Å². The maximum absolute atomic E-state index is 10.8. The smallest absolute Gasteiger partial charge is 0.0855 e. The molecule has 2 heterocycles. The monoisotopic (exact) mass is 262 g/mol. The van der Waals surface area contributed by atoms with Gasteiger partial charge in [0.15, 0.2) is 0 Å². The molecule has 0 radical (unpaired) electrons. The van der Waals surface area contributed by atoms with Crippen molar-refractivity contribution in [1.29, 1.82) is 0 Å². The summed E-state index contributed by atoms with van der Waals surface area (Å²) in [4.78, 5) is 0. The molecule has 104 valence electrons. The molecule has 0 aliphatic carbocycles. The highest BCUT2D eigenvalue weighted by atomic mass is 16.5. The second-order valence-corrected chi connectivity index (χ2v) is 5.70. The minimum atomic E-state index is -0.633. The van der Waals surface area contributed by atoms with E-state index in [9.17, 15) is 5.11 Å². The van der Waals surface area contributed by atoms with Crippen LogP contribution in [-0.4, -0.2) is 30.5 Å². The summed E-state index contributed by atoms with van der Waals surface area (Å²) in [5.74, 6) is 0. The molecule has 2 unspecified atom stereocenters. The molecule has 1 aromatic rings. The van der Waals surface area contributed by atoms with Crippen LogP contribution in [0.4, 0.5) is 0 Å². The van der Waals surface area contributed by atoms with Gasteiger partial charge in [-0.1, -0.05) is 24.3 Å². The van der Waals surface area contributed by atoms with Crippen LogP contribution in [0.1, 0.15) is 42.9 Å². The SMILES string of the molecule is OC1(CC2OCCc3ccccc32)CCCOCC1.